The summed E-state index contributed by atoms with van der Waals surface area (Å²) in [4.78, 5) is 25.2. The molecule has 0 spiro atoms. The maximum absolute atomic E-state index is 12.6. The number of hydrogen-bond donors (Lipinski definition) is 1. The zero-order chi connectivity index (χ0) is 23.4. The van der Waals surface area contributed by atoms with Gasteiger partial charge in [-0.05, 0) is 37.1 Å². The summed E-state index contributed by atoms with van der Waals surface area (Å²) in [6.07, 6.45) is 2.18. The Morgan fingerprint density at radius 1 is 1.24 bits per heavy atom. The highest BCUT2D eigenvalue weighted by Gasteiger charge is 2.23. The van der Waals surface area contributed by atoms with Gasteiger partial charge >= 0.3 is 0 Å². The molecule has 0 aliphatic carbocycles. The van der Waals surface area contributed by atoms with Gasteiger partial charge in [0.25, 0.3) is 5.69 Å². The van der Waals surface area contributed by atoms with E-state index in [-0.39, 0.29) is 23.1 Å². The highest BCUT2D eigenvalue weighted by atomic mass is 35.5. The molecule has 0 bridgehead atoms. The number of benzene rings is 2. The van der Waals surface area contributed by atoms with Crippen molar-refractivity contribution < 1.29 is 14.5 Å². The van der Waals surface area contributed by atoms with Crippen LogP contribution in [0.2, 0.25) is 5.02 Å². The van der Waals surface area contributed by atoms with Crippen molar-refractivity contribution >= 4 is 46.6 Å². The van der Waals surface area contributed by atoms with Crippen LogP contribution in [0.25, 0.3) is 5.69 Å². The number of halogens is 1. The lowest BCUT2D eigenvalue weighted by Crippen LogP contribution is -2.22. The Hall–Kier alpha value is -3.31. The summed E-state index contributed by atoms with van der Waals surface area (Å²) in [7, 11) is 1.39. The van der Waals surface area contributed by atoms with Crippen LogP contribution in [0.5, 0.6) is 5.75 Å². The van der Waals surface area contributed by atoms with Gasteiger partial charge < -0.3 is 15.0 Å². The molecule has 0 unspecified atom stereocenters. The number of ether oxygens (including phenoxy) is 1. The van der Waals surface area contributed by atoms with Crippen molar-refractivity contribution in [1.29, 1.82) is 0 Å². The molecule has 4 rings (SSSR count). The van der Waals surface area contributed by atoms with Crippen LogP contribution in [0.3, 0.4) is 0 Å². The van der Waals surface area contributed by atoms with E-state index in [0.29, 0.717) is 15.9 Å². The van der Waals surface area contributed by atoms with Gasteiger partial charge in [-0.2, -0.15) is 0 Å². The Morgan fingerprint density at radius 3 is 2.73 bits per heavy atom. The van der Waals surface area contributed by atoms with Crippen molar-refractivity contribution in [2.75, 3.05) is 36.2 Å². The van der Waals surface area contributed by atoms with E-state index in [2.05, 4.69) is 20.4 Å². The number of hydrogen-bond acceptors (Lipinski definition) is 8. The quantitative estimate of drug-likeness (QED) is 0.285. The number of nitrogens with one attached hydrogen (secondary N) is 1. The highest BCUT2D eigenvalue weighted by molar-refractivity contribution is 7.99. The SMILES string of the molecule is COc1cc([N+](=O)[O-])ccc1NC(=O)CSc1nnc(N2CCCC2)n1-c1cccc(Cl)c1. The number of carbonyl (C=O) groups is 1. The molecule has 2 heterocycles. The van der Waals surface area contributed by atoms with Crippen LogP contribution < -0.4 is 15.0 Å². The minimum absolute atomic E-state index is 0.0544. The number of nitro benzene ring substituents is 1. The number of carbonyl (C=O) groups excluding carboxylic acids is 1. The van der Waals surface area contributed by atoms with Gasteiger partial charge in [0.1, 0.15) is 5.75 Å². The van der Waals surface area contributed by atoms with E-state index in [1.54, 1.807) is 6.07 Å². The van der Waals surface area contributed by atoms with Gasteiger partial charge in [-0.3, -0.25) is 19.5 Å². The fraction of sp³-hybridized carbons (Fsp3) is 0.286. The molecule has 33 heavy (non-hydrogen) atoms. The number of methoxy groups -OCH3 is 1. The van der Waals surface area contributed by atoms with E-state index >= 15 is 0 Å². The number of rotatable bonds is 8. The Bertz CT molecular complexity index is 1180. The van der Waals surface area contributed by atoms with Gasteiger partial charge in [0.15, 0.2) is 5.16 Å². The predicted molar refractivity (Wildman–Crippen MR) is 127 cm³/mol. The largest absolute Gasteiger partial charge is 0.494 e. The van der Waals surface area contributed by atoms with Gasteiger partial charge in [-0.1, -0.05) is 29.4 Å². The smallest absolute Gasteiger partial charge is 0.273 e. The van der Waals surface area contributed by atoms with Crippen molar-refractivity contribution in [2.24, 2.45) is 0 Å². The van der Waals surface area contributed by atoms with Crippen LogP contribution in [0, 0.1) is 10.1 Å². The minimum atomic E-state index is -0.523. The van der Waals surface area contributed by atoms with Gasteiger partial charge in [0.05, 0.1) is 35.2 Å². The summed E-state index contributed by atoms with van der Waals surface area (Å²) >= 11 is 7.45. The van der Waals surface area contributed by atoms with E-state index in [0.717, 1.165) is 37.6 Å². The van der Waals surface area contributed by atoms with E-state index in [1.807, 2.05) is 22.8 Å². The molecule has 1 aromatic heterocycles. The van der Waals surface area contributed by atoms with Crippen molar-refractivity contribution in [2.45, 2.75) is 18.0 Å². The average molecular weight is 489 g/mol. The lowest BCUT2D eigenvalue weighted by Gasteiger charge is -2.18. The normalized spacial score (nSPS) is 13.2. The van der Waals surface area contributed by atoms with Crippen LogP contribution in [-0.2, 0) is 4.79 Å². The summed E-state index contributed by atoms with van der Waals surface area (Å²) in [5, 5.41) is 23.5. The minimum Gasteiger partial charge on any atom is -0.494 e. The van der Waals surface area contributed by atoms with Crippen molar-refractivity contribution in [1.82, 2.24) is 14.8 Å². The third-order valence-electron chi connectivity index (χ3n) is 5.07. The molecular formula is C21H21ClN6O4S. The van der Waals surface area contributed by atoms with Crippen LogP contribution in [0.4, 0.5) is 17.3 Å². The topological polar surface area (TPSA) is 115 Å². The van der Waals surface area contributed by atoms with E-state index in [9.17, 15) is 14.9 Å². The number of nitro groups is 1. The monoisotopic (exact) mass is 488 g/mol. The first-order chi connectivity index (χ1) is 16.0. The fourth-order valence-corrected chi connectivity index (χ4v) is 4.46. The summed E-state index contributed by atoms with van der Waals surface area (Å²) in [5.41, 5.74) is 1.04. The molecule has 3 aromatic rings. The number of amides is 1. The van der Waals surface area contributed by atoms with Crippen molar-refractivity contribution in [3.05, 3.63) is 57.6 Å². The van der Waals surface area contributed by atoms with E-state index in [1.165, 1.54) is 37.1 Å². The van der Waals surface area contributed by atoms with Crippen LogP contribution >= 0.6 is 23.4 Å². The third-order valence-corrected chi connectivity index (χ3v) is 6.24. The van der Waals surface area contributed by atoms with Gasteiger partial charge in [0.2, 0.25) is 11.9 Å². The first kappa shape index (κ1) is 22.9. The first-order valence-corrected chi connectivity index (χ1v) is 11.5. The Labute approximate surface area is 199 Å². The Morgan fingerprint density at radius 2 is 2.03 bits per heavy atom. The molecule has 1 aliphatic rings. The molecule has 2 aromatic carbocycles. The molecule has 1 amide bonds. The third kappa shape index (κ3) is 5.20. The summed E-state index contributed by atoms with van der Waals surface area (Å²) < 4.78 is 7.08. The van der Waals surface area contributed by atoms with Crippen molar-refractivity contribution in [3.8, 4) is 11.4 Å². The zero-order valence-corrected chi connectivity index (χ0v) is 19.3. The molecule has 12 heteroatoms. The number of nitrogens with zero attached hydrogens (tertiary/aromatic N) is 5. The summed E-state index contributed by atoms with van der Waals surface area (Å²) in [6, 6.07) is 11.4. The molecule has 0 saturated carbocycles. The fourth-order valence-electron chi connectivity index (χ4n) is 3.53. The van der Waals surface area contributed by atoms with E-state index < -0.39 is 4.92 Å². The molecule has 1 aliphatic heterocycles. The maximum atomic E-state index is 12.6. The Kier molecular flexibility index (Phi) is 6.99. The van der Waals surface area contributed by atoms with Crippen LogP contribution in [0.15, 0.2) is 47.6 Å². The number of non-ortho nitro benzene ring substituents is 1. The number of anilines is 2. The molecule has 172 valence electrons. The summed E-state index contributed by atoms with van der Waals surface area (Å²) in [5.74, 6) is 0.671. The second-order valence-electron chi connectivity index (χ2n) is 7.27. The summed E-state index contributed by atoms with van der Waals surface area (Å²) in [6.45, 7) is 1.79. The maximum Gasteiger partial charge on any atom is 0.273 e. The van der Waals surface area contributed by atoms with Gasteiger partial charge in [-0.25, -0.2) is 0 Å². The lowest BCUT2D eigenvalue weighted by atomic mass is 10.2. The van der Waals surface area contributed by atoms with Gasteiger partial charge in [-0.15, -0.1) is 10.2 Å². The van der Waals surface area contributed by atoms with E-state index in [4.69, 9.17) is 16.3 Å². The molecule has 0 radical (unpaired) electrons. The van der Waals surface area contributed by atoms with Crippen LogP contribution in [0.1, 0.15) is 12.8 Å². The highest BCUT2D eigenvalue weighted by Crippen LogP contribution is 2.31. The number of thioether (sulfide) groups is 1. The molecule has 1 fully saturated rings. The standard InChI is InChI=1S/C21H21ClN6O4S/c1-32-18-12-16(28(30)31)7-8-17(18)23-19(29)13-33-21-25-24-20(26-9-2-3-10-26)27(21)15-6-4-5-14(22)11-15/h4-8,11-12H,2-3,9-10,13H2,1H3,(H,23,29). The first-order valence-electron chi connectivity index (χ1n) is 10.2. The molecule has 1 N–H and O–H groups in total. The molecular weight excluding hydrogens is 468 g/mol. The zero-order valence-electron chi connectivity index (χ0n) is 17.7. The second-order valence-corrected chi connectivity index (χ2v) is 8.65. The molecule has 1 saturated heterocycles. The average Bonchev–Trinajstić information content (AvgIpc) is 3.47. The predicted octanol–water partition coefficient (Wildman–Crippen LogP) is 4.17. The van der Waals surface area contributed by atoms with Crippen LogP contribution in [-0.4, -0.2) is 51.5 Å². The lowest BCUT2D eigenvalue weighted by molar-refractivity contribution is -0.384. The Balaban J connectivity index is 1.52. The van der Waals surface area contributed by atoms with Crippen molar-refractivity contribution in [3.63, 3.8) is 0 Å². The van der Waals surface area contributed by atoms with Gasteiger partial charge in [0, 0.05) is 24.2 Å². The number of aromatic nitrogens is 3. The molecule has 0 atom stereocenters. The second kappa shape index (κ2) is 10.1. The molecule has 10 nitrogen and oxygen atoms in total.